The van der Waals surface area contributed by atoms with Crippen LogP contribution in [0.5, 0.6) is 5.75 Å². The van der Waals surface area contributed by atoms with Crippen LogP contribution in [0.15, 0.2) is 29.1 Å². The van der Waals surface area contributed by atoms with Crippen molar-refractivity contribution < 1.29 is 31.9 Å². The fourth-order valence-corrected chi connectivity index (χ4v) is 1.37. The van der Waals surface area contributed by atoms with Crippen LogP contribution in [0.3, 0.4) is 0 Å². The van der Waals surface area contributed by atoms with Gasteiger partial charge in [-0.05, 0) is 6.07 Å². The van der Waals surface area contributed by atoms with Crippen LogP contribution in [0.1, 0.15) is 21.9 Å². The van der Waals surface area contributed by atoms with E-state index < -0.39 is 17.7 Å². The second-order valence-electron chi connectivity index (χ2n) is 3.81. The Morgan fingerprint density at radius 2 is 2.14 bits per heavy atom. The lowest BCUT2D eigenvalue weighted by Crippen LogP contribution is -2.06. The second kappa shape index (κ2) is 5.81. The molecule has 0 bridgehead atoms. The molecule has 0 saturated heterocycles. The van der Waals surface area contributed by atoms with Crippen LogP contribution in [0.2, 0.25) is 0 Å². The lowest BCUT2D eigenvalue weighted by molar-refractivity contribution is -0.138. The number of pyridine rings is 1. The number of carbonyl (C=O) groups excluding carboxylic acids is 1. The van der Waals surface area contributed by atoms with Crippen LogP contribution in [-0.4, -0.2) is 23.0 Å². The van der Waals surface area contributed by atoms with Gasteiger partial charge in [0.05, 0.1) is 18.9 Å². The van der Waals surface area contributed by atoms with Gasteiger partial charge in [-0.15, -0.1) is 0 Å². The summed E-state index contributed by atoms with van der Waals surface area (Å²) in [5.41, 5.74) is -0.985. The van der Waals surface area contributed by atoms with Crippen molar-refractivity contribution in [3.05, 3.63) is 41.9 Å². The van der Waals surface area contributed by atoms with E-state index in [0.29, 0.717) is 6.20 Å². The molecule has 0 aliphatic rings. The minimum atomic E-state index is -4.51. The zero-order chi connectivity index (χ0) is 15.5. The van der Waals surface area contributed by atoms with Crippen molar-refractivity contribution in [2.75, 3.05) is 7.11 Å². The number of halogens is 3. The number of oxazole rings is 1. The van der Waals surface area contributed by atoms with Crippen LogP contribution < -0.4 is 4.74 Å². The third kappa shape index (κ3) is 3.71. The van der Waals surface area contributed by atoms with Crippen LogP contribution in [0.4, 0.5) is 13.2 Å². The maximum absolute atomic E-state index is 12.5. The van der Waals surface area contributed by atoms with Crippen LogP contribution in [0.25, 0.3) is 0 Å². The molecule has 0 unspecified atom stereocenters. The molecule has 0 radical (unpaired) electrons. The first-order valence-corrected chi connectivity index (χ1v) is 5.58. The Labute approximate surface area is 116 Å². The SMILES string of the molecule is COC(=O)c1coc(COc2cncc(C(F)(F)F)c2)n1. The van der Waals surface area contributed by atoms with Crippen LogP contribution >= 0.6 is 0 Å². The molecule has 0 aromatic carbocycles. The molecule has 0 saturated carbocycles. The Hall–Kier alpha value is -2.58. The Morgan fingerprint density at radius 1 is 1.38 bits per heavy atom. The third-order valence-electron chi connectivity index (χ3n) is 2.35. The quantitative estimate of drug-likeness (QED) is 0.808. The van der Waals surface area contributed by atoms with E-state index in [4.69, 9.17) is 9.15 Å². The smallest absolute Gasteiger partial charge is 0.418 e. The molecule has 2 aromatic rings. The number of nitrogens with zero attached hydrogens (tertiary/aromatic N) is 2. The van der Waals surface area contributed by atoms with E-state index in [-0.39, 0.29) is 23.9 Å². The van der Waals surface area contributed by atoms with Crippen molar-refractivity contribution in [1.82, 2.24) is 9.97 Å². The highest BCUT2D eigenvalue weighted by Gasteiger charge is 2.31. The molecular formula is C12H9F3N2O4. The number of hydrogen-bond acceptors (Lipinski definition) is 6. The maximum atomic E-state index is 12.5. The van der Waals surface area contributed by atoms with Gasteiger partial charge in [0.25, 0.3) is 0 Å². The summed E-state index contributed by atoms with van der Waals surface area (Å²) in [7, 11) is 1.18. The lowest BCUT2D eigenvalue weighted by atomic mass is 10.3. The van der Waals surface area contributed by atoms with Gasteiger partial charge in [0.1, 0.15) is 12.0 Å². The molecule has 9 heteroatoms. The third-order valence-corrected chi connectivity index (χ3v) is 2.35. The molecule has 0 fully saturated rings. The Morgan fingerprint density at radius 3 is 2.81 bits per heavy atom. The summed E-state index contributed by atoms with van der Waals surface area (Å²) < 4.78 is 51.9. The molecule has 0 aliphatic heterocycles. The Kier molecular flexibility index (Phi) is 4.10. The Balaban J connectivity index is 2.03. The first kappa shape index (κ1) is 14.8. The number of methoxy groups -OCH3 is 1. The van der Waals surface area contributed by atoms with Crippen molar-refractivity contribution in [3.8, 4) is 5.75 Å². The number of esters is 1. The number of alkyl halides is 3. The van der Waals surface area contributed by atoms with Crippen LogP contribution in [-0.2, 0) is 17.5 Å². The van der Waals surface area contributed by atoms with E-state index in [1.807, 2.05) is 0 Å². The van der Waals surface area contributed by atoms with Gasteiger partial charge >= 0.3 is 12.1 Å². The summed E-state index contributed by atoms with van der Waals surface area (Å²) in [6.45, 7) is -0.250. The van der Waals surface area contributed by atoms with Gasteiger partial charge in [-0.3, -0.25) is 4.98 Å². The largest absolute Gasteiger partial charge is 0.482 e. The molecule has 2 aromatic heterocycles. The average Bonchev–Trinajstić information content (AvgIpc) is 2.92. The minimum absolute atomic E-state index is 0.0211. The molecule has 112 valence electrons. The van der Waals surface area contributed by atoms with E-state index in [1.54, 1.807) is 0 Å². The van der Waals surface area contributed by atoms with Crippen molar-refractivity contribution in [2.24, 2.45) is 0 Å². The van der Waals surface area contributed by atoms with E-state index in [9.17, 15) is 18.0 Å². The number of rotatable bonds is 4. The summed E-state index contributed by atoms with van der Waals surface area (Å²) in [6.07, 6.45) is -1.63. The maximum Gasteiger partial charge on any atom is 0.418 e. The van der Waals surface area contributed by atoms with Gasteiger partial charge in [-0.2, -0.15) is 13.2 Å². The fourth-order valence-electron chi connectivity index (χ4n) is 1.37. The molecule has 0 spiro atoms. The standard InChI is InChI=1S/C12H9F3N2O4/c1-19-11(18)9-5-21-10(17-9)6-20-8-2-7(3-16-4-8)12(13,14)15/h2-5H,6H2,1H3. The second-order valence-corrected chi connectivity index (χ2v) is 3.81. The number of carbonyl (C=O) groups is 1. The molecule has 0 atom stereocenters. The zero-order valence-electron chi connectivity index (χ0n) is 10.7. The van der Waals surface area contributed by atoms with Gasteiger partial charge in [0.2, 0.25) is 5.89 Å². The predicted molar refractivity (Wildman–Crippen MR) is 61.4 cm³/mol. The molecular weight excluding hydrogens is 293 g/mol. The number of hydrogen-bond donors (Lipinski definition) is 0. The summed E-state index contributed by atoms with van der Waals surface area (Å²) in [5, 5.41) is 0. The lowest BCUT2D eigenvalue weighted by Gasteiger charge is -2.08. The van der Waals surface area contributed by atoms with Gasteiger partial charge in [0, 0.05) is 6.20 Å². The topological polar surface area (TPSA) is 74.5 Å². The highest BCUT2D eigenvalue weighted by molar-refractivity contribution is 5.86. The molecule has 0 amide bonds. The molecule has 2 heterocycles. The average molecular weight is 302 g/mol. The first-order valence-electron chi connectivity index (χ1n) is 5.58. The van der Waals surface area contributed by atoms with E-state index >= 15 is 0 Å². The molecule has 0 aliphatic carbocycles. The van der Waals surface area contributed by atoms with Gasteiger partial charge in [-0.1, -0.05) is 0 Å². The number of aromatic nitrogens is 2. The van der Waals surface area contributed by atoms with Gasteiger partial charge < -0.3 is 13.9 Å². The summed E-state index contributed by atoms with van der Waals surface area (Å²) in [6, 6.07) is 0.803. The highest BCUT2D eigenvalue weighted by Crippen LogP contribution is 2.30. The van der Waals surface area contributed by atoms with E-state index in [2.05, 4.69) is 14.7 Å². The van der Waals surface area contributed by atoms with Crippen LogP contribution in [0, 0.1) is 0 Å². The van der Waals surface area contributed by atoms with E-state index in [0.717, 1.165) is 18.5 Å². The summed E-state index contributed by atoms with van der Waals surface area (Å²) in [4.78, 5) is 18.3. The normalized spacial score (nSPS) is 11.2. The summed E-state index contributed by atoms with van der Waals surface area (Å²) >= 11 is 0. The zero-order valence-corrected chi connectivity index (χ0v) is 10.7. The Bertz CT molecular complexity index is 639. The minimum Gasteiger partial charge on any atom is -0.482 e. The molecule has 21 heavy (non-hydrogen) atoms. The fraction of sp³-hybridized carbons (Fsp3) is 0.250. The van der Waals surface area contributed by atoms with Gasteiger partial charge in [-0.25, -0.2) is 9.78 Å². The molecule has 2 rings (SSSR count). The summed E-state index contributed by atoms with van der Waals surface area (Å²) in [5.74, 6) is -0.763. The van der Waals surface area contributed by atoms with Crippen molar-refractivity contribution >= 4 is 5.97 Å². The highest BCUT2D eigenvalue weighted by atomic mass is 19.4. The van der Waals surface area contributed by atoms with Gasteiger partial charge in [0.15, 0.2) is 12.3 Å². The molecule has 6 nitrogen and oxygen atoms in total. The monoisotopic (exact) mass is 302 g/mol. The van der Waals surface area contributed by atoms with Crippen molar-refractivity contribution in [3.63, 3.8) is 0 Å². The molecule has 0 N–H and O–H groups in total. The predicted octanol–water partition coefficient (Wildman–Crippen LogP) is 2.45. The van der Waals surface area contributed by atoms with Crippen molar-refractivity contribution in [1.29, 1.82) is 0 Å². The first-order chi connectivity index (χ1) is 9.90. The number of ether oxygens (including phenoxy) is 2. The van der Waals surface area contributed by atoms with Crippen molar-refractivity contribution in [2.45, 2.75) is 12.8 Å². The van der Waals surface area contributed by atoms with E-state index in [1.165, 1.54) is 7.11 Å².